The fraction of sp³-hybridized carbons (Fsp3) is 0.0417. The Kier molecular flexibility index (Phi) is 6.61. The number of fused-ring (bicyclic) bond motifs is 1. The highest BCUT2D eigenvalue weighted by molar-refractivity contribution is 6.36. The van der Waals surface area contributed by atoms with Crippen molar-refractivity contribution in [3.05, 3.63) is 93.4 Å². The lowest BCUT2D eigenvalue weighted by Crippen LogP contribution is -2.21. The molecule has 5 nitrogen and oxygen atoms in total. The first kappa shape index (κ1) is 22.1. The van der Waals surface area contributed by atoms with Crippen LogP contribution in [0.2, 0.25) is 15.1 Å². The van der Waals surface area contributed by atoms with Gasteiger partial charge in [-0.2, -0.15) is 0 Å². The van der Waals surface area contributed by atoms with Crippen LogP contribution >= 0.6 is 34.8 Å². The standard InChI is InChI=1S/C24H15Cl3N2O3/c25-14-4-3-5-16(10-14)28-23(30)13-32-24(31)19-12-22(18-9-8-15(26)11-20(18)27)29-21-7-2-1-6-17(19)21/h1-12H,13H2,(H,28,30). The molecule has 0 saturated heterocycles. The minimum atomic E-state index is -0.656. The molecule has 0 radical (unpaired) electrons. The van der Waals surface area contributed by atoms with Crippen molar-refractivity contribution in [1.29, 1.82) is 0 Å². The van der Waals surface area contributed by atoms with E-state index in [9.17, 15) is 9.59 Å². The quantitative estimate of drug-likeness (QED) is 0.321. The molecule has 0 atom stereocenters. The molecule has 4 rings (SSSR count). The van der Waals surface area contributed by atoms with Crippen LogP contribution < -0.4 is 5.32 Å². The van der Waals surface area contributed by atoms with Gasteiger partial charge in [0.05, 0.1) is 21.8 Å². The highest BCUT2D eigenvalue weighted by atomic mass is 35.5. The van der Waals surface area contributed by atoms with Crippen LogP contribution in [0.4, 0.5) is 5.69 Å². The van der Waals surface area contributed by atoms with E-state index in [1.165, 1.54) is 0 Å². The van der Waals surface area contributed by atoms with Crippen LogP contribution in [-0.4, -0.2) is 23.5 Å². The number of pyridine rings is 1. The van der Waals surface area contributed by atoms with E-state index >= 15 is 0 Å². The summed E-state index contributed by atoms with van der Waals surface area (Å²) >= 11 is 18.2. The number of ether oxygens (including phenoxy) is 1. The molecule has 0 aliphatic rings. The first-order valence-electron chi connectivity index (χ1n) is 9.48. The second kappa shape index (κ2) is 9.57. The maximum Gasteiger partial charge on any atom is 0.339 e. The van der Waals surface area contributed by atoms with Crippen molar-refractivity contribution >= 4 is 63.3 Å². The Balaban J connectivity index is 1.59. The summed E-state index contributed by atoms with van der Waals surface area (Å²) in [4.78, 5) is 29.7. The predicted octanol–water partition coefficient (Wildman–Crippen LogP) is 6.66. The van der Waals surface area contributed by atoms with E-state index < -0.39 is 18.5 Å². The van der Waals surface area contributed by atoms with Gasteiger partial charge < -0.3 is 10.1 Å². The number of aromatic nitrogens is 1. The largest absolute Gasteiger partial charge is 0.452 e. The molecule has 0 unspecified atom stereocenters. The number of carbonyl (C=O) groups is 2. The number of anilines is 1. The molecule has 0 aliphatic carbocycles. The summed E-state index contributed by atoms with van der Waals surface area (Å²) in [5.41, 5.74) is 2.47. The molecular weight excluding hydrogens is 471 g/mol. The summed E-state index contributed by atoms with van der Waals surface area (Å²) in [6.07, 6.45) is 0. The zero-order valence-corrected chi connectivity index (χ0v) is 18.7. The highest BCUT2D eigenvalue weighted by Crippen LogP contribution is 2.32. The van der Waals surface area contributed by atoms with Crippen LogP contribution in [0.15, 0.2) is 72.8 Å². The van der Waals surface area contributed by atoms with Crippen LogP contribution in [0.25, 0.3) is 22.2 Å². The summed E-state index contributed by atoms with van der Waals surface area (Å²) in [5, 5.41) is 4.61. The molecule has 1 aromatic heterocycles. The number of para-hydroxylation sites is 1. The third-order valence-electron chi connectivity index (χ3n) is 4.59. The second-order valence-electron chi connectivity index (χ2n) is 6.83. The van der Waals surface area contributed by atoms with Gasteiger partial charge in [0, 0.05) is 26.7 Å². The SMILES string of the molecule is O=C(COC(=O)c1cc(-c2ccc(Cl)cc2Cl)nc2ccccc12)Nc1cccc(Cl)c1. The van der Waals surface area contributed by atoms with E-state index in [4.69, 9.17) is 39.5 Å². The average Bonchev–Trinajstić information content (AvgIpc) is 2.77. The van der Waals surface area contributed by atoms with Gasteiger partial charge >= 0.3 is 5.97 Å². The first-order valence-corrected chi connectivity index (χ1v) is 10.6. The van der Waals surface area contributed by atoms with E-state index in [1.807, 2.05) is 6.07 Å². The smallest absolute Gasteiger partial charge is 0.339 e. The molecule has 1 N–H and O–H groups in total. The molecule has 0 spiro atoms. The first-order chi connectivity index (χ1) is 15.4. The third kappa shape index (κ3) is 5.02. The topological polar surface area (TPSA) is 68.3 Å². The number of amides is 1. The van der Waals surface area contributed by atoms with Crippen LogP contribution in [0, 0.1) is 0 Å². The summed E-state index contributed by atoms with van der Waals surface area (Å²) in [7, 11) is 0. The number of esters is 1. The monoisotopic (exact) mass is 484 g/mol. The van der Waals surface area contributed by atoms with E-state index in [1.54, 1.807) is 66.7 Å². The normalized spacial score (nSPS) is 10.7. The number of hydrogen-bond donors (Lipinski definition) is 1. The van der Waals surface area contributed by atoms with Crippen molar-refractivity contribution < 1.29 is 14.3 Å². The highest BCUT2D eigenvalue weighted by Gasteiger charge is 2.18. The number of halogens is 3. The predicted molar refractivity (Wildman–Crippen MR) is 128 cm³/mol. The van der Waals surface area contributed by atoms with Crippen LogP contribution in [-0.2, 0) is 9.53 Å². The minimum absolute atomic E-state index is 0.271. The van der Waals surface area contributed by atoms with Gasteiger partial charge in [0.2, 0.25) is 0 Å². The van der Waals surface area contributed by atoms with Crippen molar-refractivity contribution in [2.75, 3.05) is 11.9 Å². The third-order valence-corrected chi connectivity index (χ3v) is 5.37. The molecule has 1 amide bonds. The zero-order valence-electron chi connectivity index (χ0n) is 16.4. The Hall–Kier alpha value is -3.12. The van der Waals surface area contributed by atoms with Gasteiger partial charge in [-0.1, -0.05) is 59.1 Å². The van der Waals surface area contributed by atoms with Crippen LogP contribution in [0.1, 0.15) is 10.4 Å². The summed E-state index contributed by atoms with van der Waals surface area (Å²) in [6.45, 7) is -0.459. The summed E-state index contributed by atoms with van der Waals surface area (Å²) in [6, 6.07) is 20.5. The van der Waals surface area contributed by atoms with Crippen molar-refractivity contribution in [3.8, 4) is 11.3 Å². The lowest BCUT2D eigenvalue weighted by molar-refractivity contribution is -0.119. The van der Waals surface area contributed by atoms with Gasteiger partial charge in [0.1, 0.15) is 0 Å². The second-order valence-corrected chi connectivity index (χ2v) is 8.11. The molecule has 0 aliphatic heterocycles. The van der Waals surface area contributed by atoms with Gasteiger partial charge in [-0.15, -0.1) is 0 Å². The Bertz CT molecular complexity index is 1340. The molecule has 0 bridgehead atoms. The summed E-state index contributed by atoms with van der Waals surface area (Å²) in [5.74, 6) is -1.14. The lowest BCUT2D eigenvalue weighted by Gasteiger charge is -2.11. The Morgan fingerprint density at radius 1 is 0.875 bits per heavy atom. The molecular formula is C24H15Cl3N2O3. The zero-order chi connectivity index (χ0) is 22.7. The van der Waals surface area contributed by atoms with E-state index in [-0.39, 0.29) is 5.56 Å². The fourth-order valence-electron chi connectivity index (χ4n) is 3.15. The van der Waals surface area contributed by atoms with Crippen molar-refractivity contribution in [3.63, 3.8) is 0 Å². The van der Waals surface area contributed by atoms with Crippen molar-refractivity contribution in [2.45, 2.75) is 0 Å². The van der Waals surface area contributed by atoms with Crippen LogP contribution in [0.5, 0.6) is 0 Å². The molecule has 3 aromatic carbocycles. The number of benzene rings is 3. The Morgan fingerprint density at radius 3 is 2.44 bits per heavy atom. The maximum atomic E-state index is 12.9. The fourth-order valence-corrected chi connectivity index (χ4v) is 3.85. The van der Waals surface area contributed by atoms with Crippen molar-refractivity contribution in [1.82, 2.24) is 4.98 Å². The number of carbonyl (C=O) groups excluding carboxylic acids is 2. The number of nitrogens with zero attached hydrogens (tertiary/aromatic N) is 1. The Labute approximate surface area is 198 Å². The molecule has 32 heavy (non-hydrogen) atoms. The molecule has 4 aromatic rings. The number of nitrogens with one attached hydrogen (secondary N) is 1. The van der Waals surface area contributed by atoms with E-state index in [0.29, 0.717) is 42.9 Å². The van der Waals surface area contributed by atoms with E-state index in [0.717, 1.165) is 0 Å². The number of hydrogen-bond acceptors (Lipinski definition) is 4. The van der Waals surface area contributed by atoms with Gasteiger partial charge in [-0.25, -0.2) is 9.78 Å². The molecule has 0 fully saturated rings. The van der Waals surface area contributed by atoms with Gasteiger partial charge in [-0.05, 0) is 48.5 Å². The molecule has 160 valence electrons. The van der Waals surface area contributed by atoms with E-state index in [2.05, 4.69) is 10.3 Å². The average molecular weight is 486 g/mol. The number of rotatable bonds is 5. The van der Waals surface area contributed by atoms with Crippen LogP contribution in [0.3, 0.4) is 0 Å². The van der Waals surface area contributed by atoms with Gasteiger partial charge in [0.15, 0.2) is 6.61 Å². The lowest BCUT2D eigenvalue weighted by atomic mass is 10.0. The minimum Gasteiger partial charge on any atom is -0.452 e. The molecule has 1 heterocycles. The Morgan fingerprint density at radius 2 is 1.66 bits per heavy atom. The van der Waals surface area contributed by atoms with Crippen molar-refractivity contribution in [2.24, 2.45) is 0 Å². The van der Waals surface area contributed by atoms with Gasteiger partial charge in [0.25, 0.3) is 5.91 Å². The molecule has 0 saturated carbocycles. The van der Waals surface area contributed by atoms with Gasteiger partial charge in [-0.3, -0.25) is 4.79 Å². The molecule has 8 heteroatoms. The maximum absolute atomic E-state index is 12.9. The summed E-state index contributed by atoms with van der Waals surface area (Å²) < 4.78 is 5.27.